The molecule has 2 aromatic heterocycles. The number of halogens is 1. The molecule has 94 valence electrons. The molecule has 4 nitrogen and oxygen atoms in total. The van der Waals surface area contributed by atoms with Gasteiger partial charge in [0, 0.05) is 29.7 Å². The Labute approximate surface area is 111 Å². The number of aromatic nitrogens is 3. The lowest BCUT2D eigenvalue weighted by molar-refractivity contribution is 0.787. The number of hydrogen-bond acceptors (Lipinski definition) is 4. The fourth-order valence-corrected chi connectivity index (χ4v) is 1.91. The van der Waals surface area contributed by atoms with E-state index in [0.717, 1.165) is 29.2 Å². The van der Waals surface area contributed by atoms with E-state index in [2.05, 4.69) is 20.3 Å². The van der Waals surface area contributed by atoms with Crippen LogP contribution in [-0.4, -0.2) is 22.0 Å². The van der Waals surface area contributed by atoms with Gasteiger partial charge in [0.1, 0.15) is 5.69 Å². The topological polar surface area (TPSA) is 50.7 Å². The number of rotatable bonds is 3. The van der Waals surface area contributed by atoms with Crippen LogP contribution in [0.15, 0.2) is 18.3 Å². The predicted octanol–water partition coefficient (Wildman–Crippen LogP) is 2.53. The summed E-state index contributed by atoms with van der Waals surface area (Å²) in [6.07, 6.45) is 1.60. The molecule has 2 rings (SSSR count). The molecule has 0 atom stereocenters. The predicted molar refractivity (Wildman–Crippen MR) is 72.5 cm³/mol. The van der Waals surface area contributed by atoms with E-state index in [9.17, 15) is 0 Å². The molecule has 0 aromatic carbocycles. The Hall–Kier alpha value is -1.52. The van der Waals surface area contributed by atoms with E-state index in [1.165, 1.54) is 0 Å². The Balaban J connectivity index is 2.44. The largest absolute Gasteiger partial charge is 0.316 e. The highest BCUT2D eigenvalue weighted by Crippen LogP contribution is 2.18. The summed E-state index contributed by atoms with van der Waals surface area (Å²) >= 11 is 5.82. The fourth-order valence-electron chi connectivity index (χ4n) is 1.79. The second-order valence-corrected chi connectivity index (χ2v) is 4.53. The lowest BCUT2D eigenvalue weighted by Gasteiger charge is -2.10. The minimum absolute atomic E-state index is 0.610. The van der Waals surface area contributed by atoms with Gasteiger partial charge in [0.05, 0.1) is 5.02 Å². The second-order valence-electron chi connectivity index (χ2n) is 4.09. The monoisotopic (exact) mass is 262 g/mol. The first-order chi connectivity index (χ1) is 8.61. The maximum absolute atomic E-state index is 5.82. The van der Waals surface area contributed by atoms with Gasteiger partial charge in [0.2, 0.25) is 0 Å². The van der Waals surface area contributed by atoms with Crippen molar-refractivity contribution in [3.8, 4) is 11.5 Å². The SMILES string of the molecule is CNCc1c(C)nc(-c2ccc(Cl)cn2)nc1C. The van der Waals surface area contributed by atoms with Crippen LogP contribution in [0.4, 0.5) is 0 Å². The number of aryl methyl sites for hydroxylation is 2. The molecule has 0 bridgehead atoms. The maximum Gasteiger partial charge on any atom is 0.178 e. The quantitative estimate of drug-likeness (QED) is 0.924. The molecule has 0 spiro atoms. The normalized spacial score (nSPS) is 10.7. The van der Waals surface area contributed by atoms with Crippen LogP contribution in [0.25, 0.3) is 11.5 Å². The van der Waals surface area contributed by atoms with Gasteiger partial charge in [-0.25, -0.2) is 9.97 Å². The van der Waals surface area contributed by atoms with Gasteiger partial charge in [0.15, 0.2) is 5.82 Å². The van der Waals surface area contributed by atoms with Crippen molar-refractivity contribution in [2.24, 2.45) is 0 Å². The molecule has 0 aliphatic heterocycles. The average molecular weight is 263 g/mol. The van der Waals surface area contributed by atoms with Crippen LogP contribution >= 0.6 is 11.6 Å². The molecule has 0 saturated carbocycles. The molecule has 2 aromatic rings. The molecule has 2 heterocycles. The summed E-state index contributed by atoms with van der Waals surface area (Å²) in [5, 5.41) is 3.73. The molecule has 1 N–H and O–H groups in total. The third kappa shape index (κ3) is 2.66. The molecule has 0 amide bonds. The van der Waals surface area contributed by atoms with Crippen molar-refractivity contribution in [2.75, 3.05) is 7.05 Å². The van der Waals surface area contributed by atoms with Crippen LogP contribution in [0.5, 0.6) is 0 Å². The van der Waals surface area contributed by atoms with Crippen molar-refractivity contribution in [2.45, 2.75) is 20.4 Å². The summed E-state index contributed by atoms with van der Waals surface area (Å²) < 4.78 is 0. The van der Waals surface area contributed by atoms with E-state index in [1.54, 1.807) is 12.3 Å². The van der Waals surface area contributed by atoms with Gasteiger partial charge >= 0.3 is 0 Å². The van der Waals surface area contributed by atoms with Gasteiger partial charge in [-0.2, -0.15) is 0 Å². The third-order valence-electron chi connectivity index (χ3n) is 2.73. The number of nitrogens with zero attached hydrogens (tertiary/aromatic N) is 3. The second kappa shape index (κ2) is 5.42. The zero-order chi connectivity index (χ0) is 13.1. The molecular weight excluding hydrogens is 248 g/mol. The Kier molecular flexibility index (Phi) is 3.89. The molecule has 5 heteroatoms. The van der Waals surface area contributed by atoms with E-state index in [0.29, 0.717) is 10.8 Å². The van der Waals surface area contributed by atoms with Gasteiger partial charge < -0.3 is 5.32 Å². The van der Waals surface area contributed by atoms with E-state index in [4.69, 9.17) is 11.6 Å². The lowest BCUT2D eigenvalue weighted by Crippen LogP contribution is -2.11. The first-order valence-corrected chi connectivity index (χ1v) is 6.10. The smallest absolute Gasteiger partial charge is 0.178 e. The highest BCUT2D eigenvalue weighted by Gasteiger charge is 2.10. The maximum atomic E-state index is 5.82. The summed E-state index contributed by atoms with van der Waals surface area (Å²) in [4.78, 5) is 13.2. The summed E-state index contributed by atoms with van der Waals surface area (Å²) in [7, 11) is 1.91. The molecule has 0 fully saturated rings. The third-order valence-corrected chi connectivity index (χ3v) is 2.95. The number of hydrogen-bond donors (Lipinski definition) is 1. The average Bonchev–Trinajstić information content (AvgIpc) is 2.34. The van der Waals surface area contributed by atoms with E-state index < -0.39 is 0 Å². The minimum atomic E-state index is 0.610. The van der Waals surface area contributed by atoms with Crippen molar-refractivity contribution in [1.29, 1.82) is 0 Å². The van der Waals surface area contributed by atoms with E-state index in [-0.39, 0.29) is 0 Å². The van der Waals surface area contributed by atoms with E-state index in [1.807, 2.05) is 27.0 Å². The fraction of sp³-hybridized carbons (Fsp3) is 0.308. The molecular formula is C13H15ClN4. The van der Waals surface area contributed by atoms with Crippen LogP contribution in [0.2, 0.25) is 5.02 Å². The van der Waals surface area contributed by atoms with Crippen LogP contribution in [0.1, 0.15) is 17.0 Å². The van der Waals surface area contributed by atoms with Crippen LogP contribution < -0.4 is 5.32 Å². The Morgan fingerprint density at radius 3 is 2.33 bits per heavy atom. The van der Waals surface area contributed by atoms with Gasteiger partial charge in [-0.15, -0.1) is 0 Å². The standard InChI is InChI=1S/C13H15ClN4/c1-8-11(7-15-3)9(2)18-13(17-8)12-5-4-10(14)6-16-12/h4-6,15H,7H2,1-3H3. The molecule has 0 saturated heterocycles. The van der Waals surface area contributed by atoms with Crippen LogP contribution in [-0.2, 0) is 6.54 Å². The van der Waals surface area contributed by atoms with E-state index >= 15 is 0 Å². The zero-order valence-corrected chi connectivity index (χ0v) is 11.4. The summed E-state index contributed by atoms with van der Waals surface area (Å²) in [6.45, 7) is 4.74. The lowest BCUT2D eigenvalue weighted by atomic mass is 10.1. The Morgan fingerprint density at radius 2 is 1.83 bits per heavy atom. The van der Waals surface area contributed by atoms with Crippen molar-refractivity contribution >= 4 is 11.6 Å². The zero-order valence-electron chi connectivity index (χ0n) is 10.7. The number of pyridine rings is 1. The first kappa shape index (κ1) is 12.9. The highest BCUT2D eigenvalue weighted by molar-refractivity contribution is 6.30. The van der Waals surface area contributed by atoms with Crippen LogP contribution in [0.3, 0.4) is 0 Å². The van der Waals surface area contributed by atoms with Crippen molar-refractivity contribution in [1.82, 2.24) is 20.3 Å². The van der Waals surface area contributed by atoms with Crippen LogP contribution in [0, 0.1) is 13.8 Å². The molecule has 18 heavy (non-hydrogen) atoms. The molecule has 0 radical (unpaired) electrons. The molecule has 0 aliphatic rings. The summed E-state index contributed by atoms with van der Waals surface area (Å²) in [6, 6.07) is 3.62. The van der Waals surface area contributed by atoms with Crippen molar-refractivity contribution in [3.63, 3.8) is 0 Å². The van der Waals surface area contributed by atoms with Gasteiger partial charge in [0.25, 0.3) is 0 Å². The van der Waals surface area contributed by atoms with Gasteiger partial charge in [-0.1, -0.05) is 11.6 Å². The summed E-state index contributed by atoms with van der Waals surface area (Å²) in [5.41, 5.74) is 3.82. The van der Waals surface area contributed by atoms with Crippen molar-refractivity contribution < 1.29 is 0 Å². The minimum Gasteiger partial charge on any atom is -0.316 e. The summed E-state index contributed by atoms with van der Waals surface area (Å²) in [5.74, 6) is 0.640. The highest BCUT2D eigenvalue weighted by atomic mass is 35.5. The first-order valence-electron chi connectivity index (χ1n) is 5.72. The Bertz CT molecular complexity index is 528. The molecule has 0 aliphatic carbocycles. The molecule has 0 unspecified atom stereocenters. The Morgan fingerprint density at radius 1 is 1.17 bits per heavy atom. The number of nitrogens with one attached hydrogen (secondary N) is 1. The van der Waals surface area contributed by atoms with Crippen molar-refractivity contribution in [3.05, 3.63) is 40.3 Å². The van der Waals surface area contributed by atoms with Gasteiger partial charge in [-0.05, 0) is 33.0 Å². The van der Waals surface area contributed by atoms with Gasteiger partial charge in [-0.3, -0.25) is 4.98 Å².